The van der Waals surface area contributed by atoms with Crippen molar-refractivity contribution in [3.05, 3.63) is 48.0 Å². The molecular formula is C26H36N6O6. The van der Waals surface area contributed by atoms with E-state index in [0.717, 1.165) is 0 Å². The molecular weight excluding hydrogens is 492 g/mol. The number of aromatic nitrogens is 2. The molecule has 2 aromatic rings. The Balaban J connectivity index is 1.67. The number of nitrogens with two attached hydrogens (primary N) is 1. The van der Waals surface area contributed by atoms with Crippen LogP contribution in [0.25, 0.3) is 0 Å². The molecule has 1 fully saturated rings. The van der Waals surface area contributed by atoms with Crippen LogP contribution in [0, 0.1) is 5.92 Å². The number of aromatic amines is 1. The first-order valence-electron chi connectivity index (χ1n) is 12.7. The predicted molar refractivity (Wildman–Crippen MR) is 138 cm³/mol. The molecule has 0 spiro atoms. The second-order valence-electron chi connectivity index (χ2n) is 10.0. The molecule has 2 heterocycles. The van der Waals surface area contributed by atoms with Crippen LogP contribution in [-0.4, -0.2) is 79.5 Å². The van der Waals surface area contributed by atoms with E-state index in [1.165, 1.54) is 23.4 Å². The molecule has 0 bridgehead atoms. The second kappa shape index (κ2) is 13.0. The number of carbonyl (C=O) groups is 4. The number of nitrogens with one attached hydrogen (secondary N) is 3. The van der Waals surface area contributed by atoms with E-state index < -0.39 is 47.9 Å². The van der Waals surface area contributed by atoms with Gasteiger partial charge < -0.3 is 36.5 Å². The fourth-order valence-corrected chi connectivity index (χ4v) is 4.54. The van der Waals surface area contributed by atoms with Gasteiger partial charge in [0.15, 0.2) is 0 Å². The summed E-state index contributed by atoms with van der Waals surface area (Å²) in [4.78, 5) is 59.6. The van der Waals surface area contributed by atoms with Crippen molar-refractivity contribution in [3.63, 3.8) is 0 Å². The minimum Gasteiger partial charge on any atom is -0.508 e. The topological polar surface area (TPSA) is 191 Å². The molecule has 3 rings (SSSR count). The zero-order valence-electron chi connectivity index (χ0n) is 21.6. The summed E-state index contributed by atoms with van der Waals surface area (Å²) in [6.07, 6.45) is 4.60. The molecule has 206 valence electrons. The highest BCUT2D eigenvalue weighted by molar-refractivity contribution is 5.94. The van der Waals surface area contributed by atoms with Crippen molar-refractivity contribution in [2.45, 2.75) is 70.1 Å². The summed E-state index contributed by atoms with van der Waals surface area (Å²) in [7, 11) is 0. The normalized spacial score (nSPS) is 17.6. The van der Waals surface area contributed by atoms with E-state index in [9.17, 15) is 29.4 Å². The summed E-state index contributed by atoms with van der Waals surface area (Å²) in [5, 5.41) is 24.4. The predicted octanol–water partition coefficient (Wildman–Crippen LogP) is 0.319. The molecule has 4 unspecified atom stereocenters. The van der Waals surface area contributed by atoms with Gasteiger partial charge in [0.05, 0.1) is 12.4 Å². The van der Waals surface area contributed by atoms with E-state index in [1.54, 1.807) is 18.3 Å². The van der Waals surface area contributed by atoms with Gasteiger partial charge in [0, 0.05) is 31.3 Å². The third-order valence-electron chi connectivity index (χ3n) is 6.48. The lowest BCUT2D eigenvalue weighted by Crippen LogP contribution is -2.57. The van der Waals surface area contributed by atoms with Crippen LogP contribution in [-0.2, 0) is 32.0 Å². The number of aliphatic carboxylic acids is 1. The number of imidazole rings is 1. The van der Waals surface area contributed by atoms with Crippen molar-refractivity contribution < 1.29 is 29.4 Å². The minimum absolute atomic E-state index is 0.0161. The first kappa shape index (κ1) is 28.6. The van der Waals surface area contributed by atoms with Crippen LogP contribution in [0.15, 0.2) is 36.8 Å². The number of aromatic hydroxyl groups is 1. The average Bonchev–Trinajstić information content (AvgIpc) is 3.56. The summed E-state index contributed by atoms with van der Waals surface area (Å²) in [6.45, 7) is 4.16. The van der Waals surface area contributed by atoms with Crippen molar-refractivity contribution in [3.8, 4) is 5.75 Å². The van der Waals surface area contributed by atoms with Crippen molar-refractivity contribution >= 4 is 23.7 Å². The molecule has 3 amide bonds. The molecule has 4 atom stereocenters. The number of likely N-dealkylation sites (tertiary alicyclic amines) is 1. The highest BCUT2D eigenvalue weighted by Crippen LogP contribution is 2.21. The van der Waals surface area contributed by atoms with Gasteiger partial charge in [-0.15, -0.1) is 0 Å². The van der Waals surface area contributed by atoms with E-state index >= 15 is 0 Å². The van der Waals surface area contributed by atoms with Gasteiger partial charge in [0.25, 0.3) is 0 Å². The smallest absolute Gasteiger partial charge is 0.326 e. The molecule has 0 saturated carbocycles. The zero-order valence-corrected chi connectivity index (χ0v) is 21.6. The van der Waals surface area contributed by atoms with Crippen molar-refractivity contribution in [2.75, 3.05) is 6.54 Å². The van der Waals surface area contributed by atoms with Crippen LogP contribution < -0.4 is 16.4 Å². The summed E-state index contributed by atoms with van der Waals surface area (Å²) in [6, 6.07) is 2.21. The minimum atomic E-state index is -1.21. The van der Waals surface area contributed by atoms with Crippen molar-refractivity contribution in [2.24, 2.45) is 11.7 Å². The van der Waals surface area contributed by atoms with Crippen LogP contribution in [0.4, 0.5) is 0 Å². The second-order valence-corrected chi connectivity index (χ2v) is 10.0. The number of hydrogen-bond donors (Lipinski definition) is 6. The molecule has 1 aromatic carbocycles. The standard InChI is InChI=1S/C26H36N6O6/c1-15(2)10-20(30-23(34)19(27)12-17-13-28-14-29-17)25(36)32-9-3-4-22(32)24(35)31-21(26(37)38)11-16-5-7-18(33)8-6-16/h5-8,13-15,19-22,33H,3-4,9-12,27H2,1-2H3,(H,28,29)(H,30,34)(H,31,35)(H,37,38). The molecule has 1 saturated heterocycles. The number of carboxylic acids is 1. The maximum Gasteiger partial charge on any atom is 0.326 e. The van der Waals surface area contributed by atoms with Gasteiger partial charge in [0.2, 0.25) is 17.7 Å². The third-order valence-corrected chi connectivity index (χ3v) is 6.48. The number of carbonyl (C=O) groups excluding carboxylic acids is 3. The Morgan fingerprint density at radius 1 is 1.13 bits per heavy atom. The largest absolute Gasteiger partial charge is 0.508 e. The van der Waals surface area contributed by atoms with Crippen LogP contribution in [0.2, 0.25) is 0 Å². The zero-order chi connectivity index (χ0) is 27.8. The molecule has 38 heavy (non-hydrogen) atoms. The van der Waals surface area contributed by atoms with Crippen molar-refractivity contribution in [1.29, 1.82) is 0 Å². The Hall–Kier alpha value is -3.93. The monoisotopic (exact) mass is 528 g/mol. The molecule has 1 aliphatic rings. The van der Waals surface area contributed by atoms with Gasteiger partial charge >= 0.3 is 5.97 Å². The van der Waals surface area contributed by atoms with Crippen molar-refractivity contribution in [1.82, 2.24) is 25.5 Å². The van der Waals surface area contributed by atoms with Gasteiger partial charge in [-0.25, -0.2) is 9.78 Å². The molecule has 12 heteroatoms. The SMILES string of the molecule is CC(C)CC(NC(=O)C(N)Cc1cnc[nH]1)C(=O)N1CCCC1C(=O)NC(Cc1ccc(O)cc1)C(=O)O. The Morgan fingerprint density at radius 3 is 2.45 bits per heavy atom. The van der Waals surface area contributed by atoms with Gasteiger partial charge in [-0.1, -0.05) is 26.0 Å². The summed E-state index contributed by atoms with van der Waals surface area (Å²) < 4.78 is 0. The number of carboxylic acid groups (broad SMARTS) is 1. The molecule has 7 N–H and O–H groups in total. The quantitative estimate of drug-likeness (QED) is 0.227. The summed E-state index contributed by atoms with van der Waals surface area (Å²) in [5.74, 6) is -2.53. The molecule has 0 radical (unpaired) electrons. The maximum absolute atomic E-state index is 13.5. The van der Waals surface area contributed by atoms with E-state index in [0.29, 0.717) is 37.1 Å². The number of H-pyrrole nitrogens is 1. The maximum atomic E-state index is 13.5. The molecule has 12 nitrogen and oxygen atoms in total. The number of nitrogens with zero attached hydrogens (tertiary/aromatic N) is 2. The number of phenols is 1. The lowest BCUT2D eigenvalue weighted by molar-refractivity contribution is -0.145. The Morgan fingerprint density at radius 2 is 1.84 bits per heavy atom. The van der Waals surface area contributed by atoms with Crippen LogP contribution >= 0.6 is 0 Å². The van der Waals surface area contributed by atoms with Gasteiger partial charge in [-0.3, -0.25) is 14.4 Å². The van der Waals surface area contributed by atoms with Gasteiger partial charge in [-0.05, 0) is 42.9 Å². The van der Waals surface area contributed by atoms with E-state index in [-0.39, 0.29) is 24.5 Å². The van der Waals surface area contributed by atoms with Gasteiger partial charge in [0.1, 0.15) is 23.9 Å². The Kier molecular flexibility index (Phi) is 9.83. The van der Waals surface area contributed by atoms with E-state index in [2.05, 4.69) is 20.6 Å². The Labute approximate surface area is 221 Å². The van der Waals surface area contributed by atoms with E-state index in [1.807, 2.05) is 13.8 Å². The molecule has 1 aliphatic heterocycles. The summed E-state index contributed by atoms with van der Waals surface area (Å²) >= 11 is 0. The lowest BCUT2D eigenvalue weighted by atomic mass is 10.0. The number of amides is 3. The molecule has 0 aliphatic carbocycles. The number of rotatable bonds is 12. The first-order chi connectivity index (χ1) is 18.0. The van der Waals surface area contributed by atoms with E-state index in [4.69, 9.17) is 5.73 Å². The highest BCUT2D eigenvalue weighted by Gasteiger charge is 2.39. The fraction of sp³-hybridized carbons (Fsp3) is 0.500. The fourth-order valence-electron chi connectivity index (χ4n) is 4.54. The van der Waals surface area contributed by atoms with Crippen LogP contribution in [0.5, 0.6) is 5.75 Å². The highest BCUT2D eigenvalue weighted by atomic mass is 16.4. The number of benzene rings is 1. The lowest BCUT2D eigenvalue weighted by Gasteiger charge is -2.30. The third kappa shape index (κ3) is 7.78. The van der Waals surface area contributed by atoms with Crippen LogP contribution in [0.1, 0.15) is 44.4 Å². The molecule has 1 aromatic heterocycles. The number of hydrogen-bond acceptors (Lipinski definition) is 7. The number of phenolic OH excluding ortho intramolecular Hbond substituents is 1. The average molecular weight is 529 g/mol. The first-order valence-corrected chi connectivity index (χ1v) is 12.7. The Bertz CT molecular complexity index is 1100. The summed E-state index contributed by atoms with van der Waals surface area (Å²) in [5.41, 5.74) is 7.37. The van der Waals surface area contributed by atoms with Crippen LogP contribution in [0.3, 0.4) is 0 Å². The van der Waals surface area contributed by atoms with Gasteiger partial charge in [-0.2, -0.15) is 0 Å².